The molecule has 0 radical (unpaired) electrons. The van der Waals surface area contributed by atoms with E-state index < -0.39 is 0 Å². The molecule has 1 amide bonds. The number of benzene rings is 1. The number of hydrogen-bond acceptors (Lipinski definition) is 3. The monoisotopic (exact) mass is 257 g/mol. The number of nitrogens with one attached hydrogen (secondary N) is 1. The van der Waals surface area contributed by atoms with Crippen molar-refractivity contribution < 1.29 is 14.3 Å². The Morgan fingerprint density at radius 2 is 2.24 bits per heavy atom. The van der Waals surface area contributed by atoms with Gasteiger partial charge in [-0.15, -0.1) is 12.4 Å². The summed E-state index contributed by atoms with van der Waals surface area (Å²) in [5.41, 5.74) is 2.14. The van der Waals surface area contributed by atoms with Crippen LogP contribution in [0.3, 0.4) is 0 Å². The fourth-order valence-electron chi connectivity index (χ4n) is 1.83. The molecule has 0 unspecified atom stereocenters. The molecule has 0 aliphatic carbocycles. The van der Waals surface area contributed by atoms with Gasteiger partial charge < -0.3 is 14.8 Å². The van der Waals surface area contributed by atoms with Gasteiger partial charge in [0.15, 0.2) is 0 Å². The Balaban J connectivity index is 0.00000144. The first-order valence-electron chi connectivity index (χ1n) is 5.28. The van der Waals surface area contributed by atoms with Crippen molar-refractivity contribution in [1.29, 1.82) is 0 Å². The maximum absolute atomic E-state index is 11.1. The standard InChI is InChI=1S/C12H15NO3.ClH/c1-8-3-4-9(7-11(8)15-2)10-5-6-16-12(14)13-10;/h3-4,7,10H,5-6H2,1-2H3,(H,13,14);1H/t10-;/m0./s1. The number of cyclic esters (lactones) is 1. The van der Waals surface area contributed by atoms with Crippen LogP contribution in [0.1, 0.15) is 23.6 Å². The molecule has 1 aliphatic heterocycles. The van der Waals surface area contributed by atoms with E-state index in [2.05, 4.69) is 5.32 Å². The van der Waals surface area contributed by atoms with Gasteiger partial charge in [0, 0.05) is 6.42 Å². The van der Waals surface area contributed by atoms with Crippen LogP contribution in [0, 0.1) is 6.92 Å². The summed E-state index contributed by atoms with van der Waals surface area (Å²) < 4.78 is 10.1. The largest absolute Gasteiger partial charge is 0.496 e. The van der Waals surface area contributed by atoms with Crippen molar-refractivity contribution in [2.24, 2.45) is 0 Å². The average molecular weight is 258 g/mol. The number of halogens is 1. The van der Waals surface area contributed by atoms with E-state index in [-0.39, 0.29) is 24.5 Å². The Morgan fingerprint density at radius 1 is 1.47 bits per heavy atom. The molecule has 1 heterocycles. The van der Waals surface area contributed by atoms with Crippen molar-refractivity contribution >= 4 is 18.5 Å². The van der Waals surface area contributed by atoms with E-state index in [1.165, 1.54) is 0 Å². The highest BCUT2D eigenvalue weighted by Crippen LogP contribution is 2.26. The molecule has 5 heteroatoms. The minimum atomic E-state index is -0.351. The minimum Gasteiger partial charge on any atom is -0.496 e. The van der Waals surface area contributed by atoms with E-state index in [4.69, 9.17) is 9.47 Å². The van der Waals surface area contributed by atoms with E-state index in [1.54, 1.807) is 7.11 Å². The van der Waals surface area contributed by atoms with Crippen LogP contribution in [0.4, 0.5) is 4.79 Å². The van der Waals surface area contributed by atoms with Crippen LogP contribution in [-0.2, 0) is 4.74 Å². The SMILES string of the molecule is COc1cc([C@@H]2CCOC(=O)N2)ccc1C.Cl. The Bertz CT molecular complexity index is 409. The van der Waals surface area contributed by atoms with E-state index in [0.717, 1.165) is 23.3 Å². The topological polar surface area (TPSA) is 47.6 Å². The summed E-state index contributed by atoms with van der Waals surface area (Å²) in [7, 11) is 1.65. The summed E-state index contributed by atoms with van der Waals surface area (Å²) in [4.78, 5) is 11.1. The van der Waals surface area contributed by atoms with Crippen LogP contribution in [0.2, 0.25) is 0 Å². The average Bonchev–Trinajstić information content (AvgIpc) is 2.29. The predicted molar refractivity (Wildman–Crippen MR) is 66.8 cm³/mol. The van der Waals surface area contributed by atoms with Gasteiger partial charge in [0.25, 0.3) is 0 Å². The van der Waals surface area contributed by atoms with Crippen molar-refractivity contribution in [3.63, 3.8) is 0 Å². The number of carbonyl (C=O) groups excluding carboxylic acids is 1. The van der Waals surface area contributed by atoms with E-state index >= 15 is 0 Å². The second-order valence-corrected chi connectivity index (χ2v) is 3.85. The molecule has 94 valence electrons. The van der Waals surface area contributed by atoms with Crippen molar-refractivity contribution in [3.05, 3.63) is 29.3 Å². The number of alkyl carbamates (subject to hydrolysis) is 1. The summed E-state index contributed by atoms with van der Waals surface area (Å²) in [6, 6.07) is 5.99. The molecule has 0 bridgehead atoms. The van der Waals surface area contributed by atoms with E-state index in [0.29, 0.717) is 6.61 Å². The van der Waals surface area contributed by atoms with E-state index in [9.17, 15) is 4.79 Å². The molecule has 2 rings (SSSR count). The van der Waals surface area contributed by atoms with Crippen molar-refractivity contribution in [2.45, 2.75) is 19.4 Å². The fraction of sp³-hybridized carbons (Fsp3) is 0.417. The molecule has 1 N–H and O–H groups in total. The maximum Gasteiger partial charge on any atom is 0.407 e. The molecule has 1 aliphatic rings. The summed E-state index contributed by atoms with van der Waals surface area (Å²) >= 11 is 0. The van der Waals surface area contributed by atoms with Crippen LogP contribution in [-0.4, -0.2) is 19.8 Å². The van der Waals surface area contributed by atoms with Crippen LogP contribution in [0.25, 0.3) is 0 Å². The molecule has 1 aromatic carbocycles. The van der Waals surface area contributed by atoms with Crippen LogP contribution >= 0.6 is 12.4 Å². The van der Waals surface area contributed by atoms with Crippen LogP contribution in [0.15, 0.2) is 18.2 Å². The number of amides is 1. The lowest BCUT2D eigenvalue weighted by Crippen LogP contribution is -2.35. The second-order valence-electron chi connectivity index (χ2n) is 3.85. The van der Waals surface area contributed by atoms with Gasteiger partial charge in [0.2, 0.25) is 0 Å². The summed E-state index contributed by atoms with van der Waals surface area (Å²) in [6.45, 7) is 2.46. The van der Waals surface area contributed by atoms with Crippen LogP contribution in [0.5, 0.6) is 5.75 Å². The third-order valence-electron chi connectivity index (χ3n) is 2.77. The summed E-state index contributed by atoms with van der Waals surface area (Å²) in [5.74, 6) is 0.846. The predicted octanol–water partition coefficient (Wildman–Crippen LogP) is 2.60. The summed E-state index contributed by atoms with van der Waals surface area (Å²) in [5, 5.41) is 2.79. The molecule has 0 spiro atoms. The Morgan fingerprint density at radius 3 is 2.88 bits per heavy atom. The van der Waals surface area contributed by atoms with Crippen molar-refractivity contribution in [2.75, 3.05) is 13.7 Å². The highest BCUT2D eigenvalue weighted by molar-refractivity contribution is 5.85. The second kappa shape index (κ2) is 5.77. The fourth-order valence-corrected chi connectivity index (χ4v) is 1.83. The molecule has 4 nitrogen and oxygen atoms in total. The Kier molecular flexibility index (Phi) is 4.63. The quantitative estimate of drug-likeness (QED) is 0.886. The number of hydrogen-bond donors (Lipinski definition) is 1. The first kappa shape index (κ1) is 13.6. The zero-order valence-electron chi connectivity index (χ0n) is 9.86. The lowest BCUT2D eigenvalue weighted by molar-refractivity contribution is 0.115. The molecule has 0 aromatic heterocycles. The van der Waals surface area contributed by atoms with Crippen molar-refractivity contribution in [3.8, 4) is 5.75 Å². The molecule has 1 saturated heterocycles. The van der Waals surface area contributed by atoms with Gasteiger partial charge in [-0.3, -0.25) is 0 Å². The highest BCUT2D eigenvalue weighted by Gasteiger charge is 2.21. The lowest BCUT2D eigenvalue weighted by Gasteiger charge is -2.24. The van der Waals surface area contributed by atoms with Crippen LogP contribution < -0.4 is 10.1 Å². The molecular formula is C12H16ClNO3. The van der Waals surface area contributed by atoms with Gasteiger partial charge in [-0.2, -0.15) is 0 Å². The number of methoxy groups -OCH3 is 1. The Hall–Kier alpha value is -1.42. The van der Waals surface area contributed by atoms with Gasteiger partial charge in [0.1, 0.15) is 5.75 Å². The van der Waals surface area contributed by atoms with Gasteiger partial charge in [-0.05, 0) is 24.1 Å². The molecular weight excluding hydrogens is 242 g/mol. The van der Waals surface area contributed by atoms with Gasteiger partial charge in [-0.25, -0.2) is 4.79 Å². The molecule has 0 saturated carbocycles. The molecule has 1 aromatic rings. The zero-order valence-corrected chi connectivity index (χ0v) is 10.7. The van der Waals surface area contributed by atoms with Gasteiger partial charge in [-0.1, -0.05) is 12.1 Å². The Labute approximate surface area is 107 Å². The third kappa shape index (κ3) is 3.03. The lowest BCUT2D eigenvalue weighted by atomic mass is 10.0. The zero-order chi connectivity index (χ0) is 11.5. The number of ether oxygens (including phenoxy) is 2. The maximum atomic E-state index is 11.1. The number of rotatable bonds is 2. The van der Waals surface area contributed by atoms with Gasteiger partial charge >= 0.3 is 6.09 Å². The molecule has 1 atom stereocenters. The first-order valence-corrected chi connectivity index (χ1v) is 5.28. The first-order chi connectivity index (χ1) is 7.70. The summed E-state index contributed by atoms with van der Waals surface area (Å²) in [6.07, 6.45) is 0.439. The third-order valence-corrected chi connectivity index (χ3v) is 2.77. The minimum absolute atomic E-state index is 0. The smallest absolute Gasteiger partial charge is 0.407 e. The number of aryl methyl sites for hydroxylation is 1. The molecule has 1 fully saturated rings. The van der Waals surface area contributed by atoms with Crippen molar-refractivity contribution in [1.82, 2.24) is 5.32 Å². The normalized spacial score (nSPS) is 18.7. The van der Waals surface area contributed by atoms with E-state index in [1.807, 2.05) is 25.1 Å². The molecule has 17 heavy (non-hydrogen) atoms. The van der Waals surface area contributed by atoms with Gasteiger partial charge in [0.05, 0.1) is 19.8 Å². The highest BCUT2D eigenvalue weighted by atomic mass is 35.5. The number of carbonyl (C=O) groups is 1.